The van der Waals surface area contributed by atoms with E-state index in [0.29, 0.717) is 12.4 Å². The summed E-state index contributed by atoms with van der Waals surface area (Å²) in [5.41, 5.74) is 2.17. The molecule has 2 aromatic heterocycles. The molecule has 0 aliphatic carbocycles. The zero-order valence-electron chi connectivity index (χ0n) is 18.5. The second kappa shape index (κ2) is 9.73. The predicted octanol–water partition coefficient (Wildman–Crippen LogP) is 1.37. The van der Waals surface area contributed by atoms with Crippen molar-refractivity contribution in [3.05, 3.63) is 17.6 Å². The number of fused-ring (bicyclic) bond motifs is 1. The van der Waals surface area contributed by atoms with Crippen molar-refractivity contribution in [2.24, 2.45) is 0 Å². The molecule has 4 rings (SSSR count). The first-order chi connectivity index (χ1) is 14.7. The van der Waals surface area contributed by atoms with Crippen LogP contribution in [-0.4, -0.2) is 94.5 Å². The van der Waals surface area contributed by atoms with Crippen LogP contribution >= 0.6 is 0 Å². The number of hydrogen-bond donors (Lipinski definition) is 0. The van der Waals surface area contributed by atoms with Crippen molar-refractivity contribution in [1.82, 2.24) is 29.4 Å². The molecule has 4 heterocycles. The lowest BCUT2D eigenvalue weighted by Gasteiger charge is -2.34. The Labute approximate surface area is 179 Å². The number of piperidine rings is 1. The van der Waals surface area contributed by atoms with Gasteiger partial charge < -0.3 is 14.5 Å². The third-order valence-electron chi connectivity index (χ3n) is 6.35. The molecule has 0 aromatic carbocycles. The van der Waals surface area contributed by atoms with E-state index in [1.165, 1.54) is 0 Å². The number of likely N-dealkylation sites (N-methyl/N-ethyl adjacent to an activating group) is 1. The van der Waals surface area contributed by atoms with Crippen LogP contribution in [0.15, 0.2) is 6.33 Å². The zero-order chi connectivity index (χ0) is 20.9. The number of nitrogens with zero attached hydrogens (tertiary/aromatic N) is 7. The highest BCUT2D eigenvalue weighted by atomic mass is 16.5. The lowest BCUT2D eigenvalue weighted by atomic mass is 10.1. The highest BCUT2D eigenvalue weighted by Gasteiger charge is 2.24. The van der Waals surface area contributed by atoms with Gasteiger partial charge in [-0.1, -0.05) is 18.8 Å². The van der Waals surface area contributed by atoms with Crippen LogP contribution in [0.1, 0.15) is 31.0 Å². The normalized spacial score (nSPS) is 19.2. The van der Waals surface area contributed by atoms with Gasteiger partial charge in [-0.15, -0.1) is 0 Å². The summed E-state index contributed by atoms with van der Waals surface area (Å²) in [4.78, 5) is 16.1. The molecule has 8 nitrogen and oxygen atoms in total. The Hall–Kier alpha value is -2.21. The van der Waals surface area contributed by atoms with Gasteiger partial charge in [-0.3, -0.25) is 4.90 Å². The van der Waals surface area contributed by atoms with Gasteiger partial charge in [0.25, 0.3) is 5.78 Å². The molecular formula is C22H33N7O. The third-order valence-corrected chi connectivity index (χ3v) is 6.35. The molecule has 8 heteroatoms. The summed E-state index contributed by atoms with van der Waals surface area (Å²) in [6.45, 7) is 15.3. The monoisotopic (exact) mass is 411 g/mol. The molecular weight excluding hydrogens is 378 g/mol. The molecule has 0 spiro atoms. The van der Waals surface area contributed by atoms with E-state index in [9.17, 15) is 0 Å². The minimum atomic E-state index is 0.276. The van der Waals surface area contributed by atoms with Gasteiger partial charge >= 0.3 is 0 Å². The maximum atomic E-state index is 6.04. The van der Waals surface area contributed by atoms with Crippen LogP contribution in [0.4, 0.5) is 5.82 Å². The number of piperazine rings is 1. The van der Waals surface area contributed by atoms with Gasteiger partial charge in [0.2, 0.25) is 0 Å². The summed E-state index contributed by atoms with van der Waals surface area (Å²) < 4.78 is 7.90. The first kappa shape index (κ1) is 21.0. The molecule has 2 aliphatic rings. The Morgan fingerprint density at radius 2 is 1.77 bits per heavy atom. The second-order valence-corrected chi connectivity index (χ2v) is 8.18. The topological polar surface area (TPSA) is 62.0 Å². The Kier molecular flexibility index (Phi) is 6.82. The Morgan fingerprint density at radius 3 is 2.50 bits per heavy atom. The first-order valence-corrected chi connectivity index (χ1v) is 11.1. The lowest BCUT2D eigenvalue weighted by Crippen LogP contribution is -2.46. The molecule has 0 bridgehead atoms. The van der Waals surface area contributed by atoms with Gasteiger partial charge in [-0.2, -0.15) is 14.6 Å². The summed E-state index contributed by atoms with van der Waals surface area (Å²) in [7, 11) is 0. The van der Waals surface area contributed by atoms with Crippen LogP contribution < -0.4 is 4.90 Å². The molecule has 2 fully saturated rings. The molecule has 0 unspecified atom stereocenters. The summed E-state index contributed by atoms with van der Waals surface area (Å²) in [5, 5.41) is 4.38. The van der Waals surface area contributed by atoms with Gasteiger partial charge in [0.1, 0.15) is 18.8 Å². The molecule has 0 saturated carbocycles. The number of hydrogen-bond acceptors (Lipinski definition) is 7. The molecule has 0 atom stereocenters. The molecule has 2 aromatic rings. The predicted molar refractivity (Wildman–Crippen MR) is 118 cm³/mol. The van der Waals surface area contributed by atoms with Crippen molar-refractivity contribution >= 4 is 11.6 Å². The van der Waals surface area contributed by atoms with Crippen LogP contribution in [-0.2, 0) is 4.74 Å². The van der Waals surface area contributed by atoms with Crippen LogP contribution in [0, 0.1) is 25.7 Å². The van der Waals surface area contributed by atoms with Crippen LogP contribution in [0.5, 0.6) is 0 Å². The standard InChI is InChI=1S/C22H33N7O/c1-4-26-12-14-27(15-13-26)9-5-6-16-30-20-7-10-28(11-8-20)21-18(2)19(3)25-22-23-17-24-29(21)22/h17,20H,4,7-16H2,1-3H3. The molecule has 0 N–H and O–H groups in total. The number of anilines is 1. The van der Waals surface area contributed by atoms with E-state index in [-0.39, 0.29) is 6.10 Å². The van der Waals surface area contributed by atoms with E-state index in [0.717, 1.165) is 82.3 Å². The number of rotatable bonds is 5. The minimum Gasteiger partial charge on any atom is -0.365 e. The van der Waals surface area contributed by atoms with Gasteiger partial charge in [0.05, 0.1) is 12.6 Å². The van der Waals surface area contributed by atoms with Crippen molar-refractivity contribution in [3.8, 4) is 11.8 Å². The minimum absolute atomic E-state index is 0.276. The van der Waals surface area contributed by atoms with Gasteiger partial charge in [-0.25, -0.2) is 4.98 Å². The fourth-order valence-corrected chi connectivity index (χ4v) is 4.26. The lowest BCUT2D eigenvalue weighted by molar-refractivity contribution is 0.0592. The van der Waals surface area contributed by atoms with Crippen LogP contribution in [0.25, 0.3) is 5.78 Å². The fraction of sp³-hybridized carbons (Fsp3) is 0.682. The second-order valence-electron chi connectivity index (χ2n) is 8.18. The van der Waals surface area contributed by atoms with E-state index >= 15 is 0 Å². The van der Waals surface area contributed by atoms with Crippen molar-refractivity contribution in [2.45, 2.75) is 39.7 Å². The summed E-state index contributed by atoms with van der Waals surface area (Å²) in [6.07, 6.45) is 3.84. The van der Waals surface area contributed by atoms with E-state index < -0.39 is 0 Å². The van der Waals surface area contributed by atoms with Crippen molar-refractivity contribution < 1.29 is 4.74 Å². The summed E-state index contributed by atoms with van der Waals surface area (Å²) in [5.74, 6) is 8.28. The van der Waals surface area contributed by atoms with Gasteiger partial charge in [0.15, 0.2) is 0 Å². The average Bonchev–Trinajstić information content (AvgIpc) is 3.23. The quantitative estimate of drug-likeness (QED) is 0.689. The highest BCUT2D eigenvalue weighted by Crippen LogP contribution is 2.26. The molecule has 30 heavy (non-hydrogen) atoms. The Balaban J connectivity index is 1.23. The first-order valence-electron chi connectivity index (χ1n) is 11.1. The van der Waals surface area contributed by atoms with Crippen molar-refractivity contribution in [3.63, 3.8) is 0 Å². The number of aryl methyl sites for hydroxylation is 1. The van der Waals surface area contributed by atoms with Gasteiger partial charge in [0, 0.05) is 50.5 Å². The Morgan fingerprint density at radius 1 is 1.03 bits per heavy atom. The molecule has 2 saturated heterocycles. The number of ether oxygens (including phenoxy) is 1. The average molecular weight is 412 g/mol. The summed E-state index contributed by atoms with van der Waals surface area (Å²) >= 11 is 0. The van der Waals surface area contributed by atoms with E-state index in [1.54, 1.807) is 6.33 Å². The van der Waals surface area contributed by atoms with E-state index in [4.69, 9.17) is 4.74 Å². The van der Waals surface area contributed by atoms with Crippen LogP contribution in [0.2, 0.25) is 0 Å². The maximum absolute atomic E-state index is 6.04. The molecule has 0 radical (unpaired) electrons. The maximum Gasteiger partial charge on any atom is 0.254 e. The highest BCUT2D eigenvalue weighted by molar-refractivity contribution is 5.54. The molecule has 2 aliphatic heterocycles. The van der Waals surface area contributed by atoms with Gasteiger partial charge in [-0.05, 0) is 33.2 Å². The van der Waals surface area contributed by atoms with Crippen molar-refractivity contribution in [2.75, 3.05) is 63.9 Å². The zero-order valence-corrected chi connectivity index (χ0v) is 18.5. The molecule has 162 valence electrons. The SMILES string of the molecule is CCN1CCN(CC#CCOC2CCN(c3c(C)c(C)nc4ncnn34)CC2)CC1. The Bertz CT molecular complexity index is 899. The van der Waals surface area contributed by atoms with Crippen LogP contribution in [0.3, 0.4) is 0 Å². The van der Waals surface area contributed by atoms with E-state index in [1.807, 2.05) is 11.4 Å². The molecule has 0 amide bonds. The van der Waals surface area contributed by atoms with E-state index in [2.05, 4.69) is 55.5 Å². The van der Waals surface area contributed by atoms with Crippen molar-refractivity contribution in [1.29, 1.82) is 0 Å². The fourth-order valence-electron chi connectivity index (χ4n) is 4.26. The number of aromatic nitrogens is 4. The smallest absolute Gasteiger partial charge is 0.254 e. The summed E-state index contributed by atoms with van der Waals surface area (Å²) in [6, 6.07) is 0. The third kappa shape index (κ3) is 4.75. The largest absolute Gasteiger partial charge is 0.365 e.